The van der Waals surface area contributed by atoms with E-state index in [1.54, 1.807) is 24.3 Å². The van der Waals surface area contributed by atoms with Gasteiger partial charge in [-0.3, -0.25) is 9.59 Å². The van der Waals surface area contributed by atoms with Gasteiger partial charge in [-0.25, -0.2) is 0 Å². The van der Waals surface area contributed by atoms with Gasteiger partial charge >= 0.3 is 0 Å². The van der Waals surface area contributed by atoms with Crippen LogP contribution in [-0.2, 0) is 0 Å². The second-order valence-corrected chi connectivity index (χ2v) is 8.95. The van der Waals surface area contributed by atoms with Crippen LogP contribution in [0.5, 0.6) is 5.75 Å². The highest BCUT2D eigenvalue weighted by molar-refractivity contribution is 6.33. The highest BCUT2D eigenvalue weighted by Gasteiger charge is 2.21. The molecule has 0 saturated carbocycles. The summed E-state index contributed by atoms with van der Waals surface area (Å²) in [5, 5.41) is 13.9. The first-order valence-electron chi connectivity index (χ1n) is 10.2. The largest absolute Gasteiger partial charge is 0.506 e. The molecule has 0 fully saturated rings. The lowest BCUT2D eigenvalue weighted by Crippen LogP contribution is -2.36. The number of rotatable bonds is 4. The number of nitrogens with one attached hydrogen (secondary N) is 1. The van der Waals surface area contributed by atoms with E-state index >= 15 is 0 Å². The first-order chi connectivity index (χ1) is 15.2. The third-order valence-electron chi connectivity index (χ3n) is 5.64. The van der Waals surface area contributed by atoms with Crippen LogP contribution in [0.4, 0.5) is 0 Å². The van der Waals surface area contributed by atoms with Crippen LogP contribution >= 0.6 is 23.2 Å². The molecule has 0 radical (unpaired) electrons. The number of halogens is 2. The second-order valence-electron chi connectivity index (χ2n) is 8.14. The molecule has 2 aromatic carbocycles. The summed E-state index contributed by atoms with van der Waals surface area (Å²) in [7, 11) is 0. The number of aromatic hydroxyl groups is 1. The Labute approximate surface area is 194 Å². The maximum atomic E-state index is 12.6. The molecule has 0 saturated heterocycles. The predicted molar refractivity (Wildman–Crippen MR) is 128 cm³/mol. The summed E-state index contributed by atoms with van der Waals surface area (Å²) in [6, 6.07) is 13.1. The molecule has 1 heterocycles. The van der Waals surface area contributed by atoms with E-state index in [1.807, 2.05) is 32.9 Å². The first-order valence-corrected chi connectivity index (χ1v) is 10.9. The fourth-order valence-corrected chi connectivity index (χ4v) is 3.78. The lowest BCUT2D eigenvalue weighted by Gasteiger charge is -2.18. The first kappa shape index (κ1) is 22.2. The van der Waals surface area contributed by atoms with Gasteiger partial charge in [-0.1, -0.05) is 49.2 Å². The van der Waals surface area contributed by atoms with E-state index < -0.39 is 0 Å². The van der Waals surface area contributed by atoms with Crippen LogP contribution in [0, 0.1) is 5.92 Å². The average Bonchev–Trinajstić information content (AvgIpc) is 2.74. The van der Waals surface area contributed by atoms with Gasteiger partial charge in [-0.15, -0.1) is 0 Å². The molecule has 2 aromatic rings. The normalized spacial score (nSPS) is 12.4. The summed E-state index contributed by atoms with van der Waals surface area (Å²) in [5.74, 6) is 0.371. The van der Waals surface area contributed by atoms with E-state index in [0.29, 0.717) is 33.8 Å². The number of carbonyl (C=O) groups excluding carboxylic acids is 1. The number of hydrogen-bond donors (Lipinski definition) is 2. The van der Waals surface area contributed by atoms with Gasteiger partial charge in [0.2, 0.25) is 5.43 Å². The SMILES string of the molecule is CC(C)C(C)NC(=O)c1ccc(-c2c3cc(Cl)c(=O)cc-3oc3cc(O)c(Cl)cc23)cc1. The Kier molecular flexibility index (Phi) is 5.89. The summed E-state index contributed by atoms with van der Waals surface area (Å²) in [5.41, 5.74) is 2.66. The molecule has 32 heavy (non-hydrogen) atoms. The second kappa shape index (κ2) is 8.49. The number of fused-ring (bicyclic) bond motifs is 2. The zero-order valence-corrected chi connectivity index (χ0v) is 19.2. The Morgan fingerprint density at radius 1 is 1.00 bits per heavy atom. The predicted octanol–water partition coefficient (Wildman–Crippen LogP) is 6.35. The minimum atomic E-state index is -0.363. The molecule has 2 N–H and O–H groups in total. The average molecular weight is 470 g/mol. The van der Waals surface area contributed by atoms with Crippen LogP contribution in [0.2, 0.25) is 10.0 Å². The molecule has 7 heteroatoms. The monoisotopic (exact) mass is 469 g/mol. The van der Waals surface area contributed by atoms with E-state index in [9.17, 15) is 14.7 Å². The molecule has 2 aliphatic rings. The van der Waals surface area contributed by atoms with Crippen molar-refractivity contribution in [3.63, 3.8) is 0 Å². The van der Waals surface area contributed by atoms with Gasteiger partial charge in [0.1, 0.15) is 17.1 Å². The highest BCUT2D eigenvalue weighted by Crippen LogP contribution is 2.43. The van der Waals surface area contributed by atoms with Gasteiger partial charge in [0, 0.05) is 40.3 Å². The Morgan fingerprint density at radius 2 is 1.69 bits per heavy atom. The van der Waals surface area contributed by atoms with Crippen molar-refractivity contribution in [1.82, 2.24) is 5.32 Å². The molecular formula is C25H21Cl2NO4. The highest BCUT2D eigenvalue weighted by atomic mass is 35.5. The van der Waals surface area contributed by atoms with Crippen molar-refractivity contribution in [1.29, 1.82) is 0 Å². The molecule has 1 atom stereocenters. The van der Waals surface area contributed by atoms with Gasteiger partial charge in [0.25, 0.3) is 5.91 Å². The van der Waals surface area contributed by atoms with Crippen molar-refractivity contribution >= 4 is 40.1 Å². The maximum absolute atomic E-state index is 12.6. The summed E-state index contributed by atoms with van der Waals surface area (Å²) >= 11 is 12.3. The third-order valence-corrected chi connectivity index (χ3v) is 6.23. The Hall–Kier alpha value is -3.02. The molecule has 1 amide bonds. The number of amides is 1. The fourth-order valence-electron chi connectivity index (χ4n) is 3.46. The number of carbonyl (C=O) groups is 1. The van der Waals surface area contributed by atoms with Gasteiger partial charge in [-0.2, -0.15) is 0 Å². The Morgan fingerprint density at radius 3 is 2.34 bits per heavy atom. The topological polar surface area (TPSA) is 79.5 Å². The van der Waals surface area contributed by atoms with Crippen LogP contribution in [0.25, 0.3) is 33.4 Å². The number of hydrogen-bond acceptors (Lipinski definition) is 4. The summed E-state index contributed by atoms with van der Waals surface area (Å²) in [6.07, 6.45) is 0. The van der Waals surface area contributed by atoms with E-state index in [4.69, 9.17) is 27.6 Å². The van der Waals surface area contributed by atoms with Crippen LogP contribution in [0.3, 0.4) is 0 Å². The van der Waals surface area contributed by atoms with E-state index in [2.05, 4.69) is 5.32 Å². The molecule has 1 aliphatic carbocycles. The molecular weight excluding hydrogens is 449 g/mol. The maximum Gasteiger partial charge on any atom is 0.251 e. The van der Waals surface area contributed by atoms with Crippen molar-refractivity contribution < 1.29 is 14.3 Å². The van der Waals surface area contributed by atoms with Crippen molar-refractivity contribution in [3.8, 4) is 28.2 Å². The quantitative estimate of drug-likeness (QED) is 0.341. The zero-order valence-electron chi connectivity index (χ0n) is 17.7. The molecule has 164 valence electrons. The minimum absolute atomic E-state index is 0.0454. The molecule has 1 aliphatic heterocycles. The zero-order chi connectivity index (χ0) is 23.2. The van der Waals surface area contributed by atoms with Crippen molar-refractivity contribution in [2.45, 2.75) is 26.8 Å². The standard InChI is InChI=1S/C25H21Cl2NO4/c1-12(2)13(3)28-25(31)15-6-4-14(5-7-15)24-16-8-18(26)20(29)10-22(16)32-23-11-21(30)19(27)9-17(23)24/h4-13,29H,1-3H3,(H,28,31). The van der Waals surface area contributed by atoms with Crippen LogP contribution < -0.4 is 10.7 Å². The molecule has 0 spiro atoms. The lowest BCUT2D eigenvalue weighted by molar-refractivity contribution is 0.0930. The van der Waals surface area contributed by atoms with E-state index in [0.717, 1.165) is 11.1 Å². The number of benzene rings is 3. The van der Waals surface area contributed by atoms with Crippen LogP contribution in [0.1, 0.15) is 31.1 Å². The Bertz CT molecular complexity index is 1360. The van der Waals surface area contributed by atoms with E-state index in [-0.39, 0.29) is 33.2 Å². The fraction of sp³-hybridized carbons (Fsp3) is 0.200. The minimum Gasteiger partial charge on any atom is -0.506 e. The molecule has 0 bridgehead atoms. The molecule has 4 rings (SSSR count). The van der Waals surface area contributed by atoms with Crippen LogP contribution in [0.15, 0.2) is 57.7 Å². The van der Waals surface area contributed by atoms with Gasteiger partial charge < -0.3 is 14.8 Å². The van der Waals surface area contributed by atoms with Gasteiger partial charge in [0.15, 0.2) is 0 Å². The van der Waals surface area contributed by atoms with E-state index in [1.165, 1.54) is 12.1 Å². The number of phenolic OH excluding ortho intramolecular Hbond substituents is 1. The Balaban J connectivity index is 1.89. The third kappa shape index (κ3) is 4.06. The molecule has 0 aromatic heterocycles. The van der Waals surface area contributed by atoms with Crippen LogP contribution in [-0.4, -0.2) is 17.1 Å². The molecule has 5 nitrogen and oxygen atoms in total. The van der Waals surface area contributed by atoms with Crippen molar-refractivity contribution in [3.05, 3.63) is 74.4 Å². The van der Waals surface area contributed by atoms with Crippen molar-refractivity contribution in [2.24, 2.45) is 5.92 Å². The molecule has 1 unspecified atom stereocenters. The van der Waals surface area contributed by atoms with Crippen molar-refractivity contribution in [2.75, 3.05) is 0 Å². The van der Waals surface area contributed by atoms with Gasteiger partial charge in [-0.05, 0) is 42.7 Å². The number of phenols is 1. The summed E-state index contributed by atoms with van der Waals surface area (Å²) < 4.78 is 5.87. The summed E-state index contributed by atoms with van der Waals surface area (Å²) in [4.78, 5) is 24.7. The van der Waals surface area contributed by atoms with Gasteiger partial charge in [0.05, 0.1) is 10.0 Å². The summed E-state index contributed by atoms with van der Waals surface area (Å²) in [6.45, 7) is 6.06. The lowest BCUT2D eigenvalue weighted by atomic mass is 9.93. The smallest absolute Gasteiger partial charge is 0.251 e.